The highest BCUT2D eigenvalue weighted by Gasteiger charge is 2.71. The largest absolute Gasteiger partial charge is 0.305 e. The maximum Gasteiger partial charge on any atom is 0.181 e. The molecule has 25 heavy (non-hydrogen) atoms. The van der Waals surface area contributed by atoms with E-state index in [1.165, 1.54) is 12.8 Å². The molecule has 0 aromatic carbocycles. The molecule has 0 aliphatic heterocycles. The third kappa shape index (κ3) is 2.14. The van der Waals surface area contributed by atoms with E-state index in [4.69, 9.17) is 34.4 Å². The van der Waals surface area contributed by atoms with Crippen LogP contribution in [0.4, 0.5) is 0 Å². The number of rotatable bonds is 2. The van der Waals surface area contributed by atoms with Crippen molar-refractivity contribution < 1.29 is 4.57 Å². The van der Waals surface area contributed by atoms with Crippen LogP contribution in [0.15, 0.2) is 0 Å². The zero-order valence-electron chi connectivity index (χ0n) is 14.8. The van der Waals surface area contributed by atoms with Gasteiger partial charge in [-0.2, -0.15) is 0 Å². The molecule has 8 fully saturated rings. The van der Waals surface area contributed by atoms with Gasteiger partial charge in [-0.1, -0.05) is 11.2 Å². The van der Waals surface area contributed by atoms with E-state index in [0.717, 1.165) is 64.2 Å². The third-order valence-corrected chi connectivity index (χ3v) is 15.7. The van der Waals surface area contributed by atoms with Crippen LogP contribution in [0, 0.1) is 23.7 Å². The van der Waals surface area contributed by atoms with Crippen molar-refractivity contribution >= 4 is 40.9 Å². The van der Waals surface area contributed by atoms with Crippen LogP contribution in [0.25, 0.3) is 0 Å². The first-order chi connectivity index (χ1) is 11.6. The monoisotopic (exact) mass is 420 g/mol. The molecule has 4 atom stereocenters. The van der Waals surface area contributed by atoms with Crippen LogP contribution >= 0.6 is 40.9 Å². The summed E-state index contributed by atoms with van der Waals surface area (Å²) in [7, 11) is 0. The van der Waals surface area contributed by atoms with Crippen LogP contribution < -0.4 is 0 Å². The average Bonchev–Trinajstić information content (AvgIpc) is 2.41. The van der Waals surface area contributed by atoms with E-state index in [1.54, 1.807) is 0 Å². The van der Waals surface area contributed by atoms with Gasteiger partial charge >= 0.3 is 0 Å². The van der Waals surface area contributed by atoms with Gasteiger partial charge in [0.25, 0.3) is 0 Å². The zero-order chi connectivity index (χ0) is 17.3. The molecule has 5 heteroatoms. The minimum Gasteiger partial charge on any atom is -0.305 e. The molecule has 0 heterocycles. The molecule has 0 N–H and O–H groups in total. The van der Waals surface area contributed by atoms with Crippen molar-refractivity contribution in [3.05, 3.63) is 0 Å². The predicted octanol–water partition coefficient (Wildman–Crippen LogP) is 7.16. The van der Waals surface area contributed by atoms with Crippen LogP contribution in [-0.2, 0) is 4.57 Å². The molecule has 8 aliphatic rings. The standard InChI is InChI=1S/C20H28Cl3OP/c21-17-3-13-1-14(4-17)8-19(7-13,11-17)25(23,24)20-9-15-2-16(10-20)6-18(22,5-15)12-20/h13-16H,1-12H2. The fourth-order valence-electron chi connectivity index (χ4n) is 9.38. The molecule has 4 unspecified atom stereocenters. The second-order valence-corrected chi connectivity index (χ2v) is 17.2. The molecule has 8 rings (SSSR count). The highest BCUT2D eigenvalue weighted by Crippen LogP contribution is 2.86. The quantitative estimate of drug-likeness (QED) is 0.341. The lowest BCUT2D eigenvalue weighted by molar-refractivity contribution is 0.0301. The molecule has 8 aliphatic carbocycles. The van der Waals surface area contributed by atoms with Gasteiger partial charge in [-0.05, 0) is 101 Å². The predicted molar refractivity (Wildman–Crippen MR) is 105 cm³/mol. The van der Waals surface area contributed by atoms with Gasteiger partial charge in [0.2, 0.25) is 0 Å². The highest BCUT2D eigenvalue weighted by atomic mass is 35.7. The summed E-state index contributed by atoms with van der Waals surface area (Å²) in [6.07, 6.45) is 13.2. The minimum atomic E-state index is -2.87. The summed E-state index contributed by atoms with van der Waals surface area (Å²) in [6.45, 7) is -2.87. The van der Waals surface area contributed by atoms with Crippen molar-refractivity contribution in [3.8, 4) is 0 Å². The van der Waals surface area contributed by atoms with Crippen LogP contribution in [0.3, 0.4) is 0 Å². The summed E-state index contributed by atoms with van der Waals surface area (Å²) in [5.41, 5.74) is 0. The molecule has 0 spiro atoms. The lowest BCUT2D eigenvalue weighted by Crippen LogP contribution is -2.62. The Balaban J connectivity index is 1.44. The second-order valence-electron chi connectivity index (χ2n) is 11.2. The van der Waals surface area contributed by atoms with Gasteiger partial charge in [0.1, 0.15) is 0 Å². The highest BCUT2D eigenvalue weighted by molar-refractivity contribution is 7.91. The fourth-order valence-corrected chi connectivity index (χ4v) is 16.1. The molecular weight excluding hydrogens is 394 g/mol. The molecule has 0 amide bonds. The van der Waals surface area contributed by atoms with Crippen LogP contribution in [0.2, 0.25) is 0 Å². The molecule has 140 valence electrons. The van der Waals surface area contributed by atoms with Crippen LogP contribution in [0.1, 0.15) is 77.0 Å². The van der Waals surface area contributed by atoms with Gasteiger partial charge in [0.05, 0.1) is 0 Å². The smallest absolute Gasteiger partial charge is 0.181 e. The van der Waals surface area contributed by atoms with Crippen LogP contribution in [0.5, 0.6) is 0 Å². The van der Waals surface area contributed by atoms with Gasteiger partial charge in [-0.25, -0.2) is 0 Å². The third-order valence-electron chi connectivity index (χ3n) is 9.14. The number of alkyl halides is 2. The summed E-state index contributed by atoms with van der Waals surface area (Å²) in [4.78, 5) is -0.231. The molecule has 0 aromatic heterocycles. The first kappa shape index (κ1) is 17.0. The molecule has 0 aromatic rings. The maximum absolute atomic E-state index is 14.7. The van der Waals surface area contributed by atoms with E-state index in [0.29, 0.717) is 23.7 Å². The van der Waals surface area contributed by atoms with Gasteiger partial charge < -0.3 is 4.57 Å². The molecular formula is C20H28Cl3OP. The van der Waals surface area contributed by atoms with Crippen molar-refractivity contribution in [3.63, 3.8) is 0 Å². The Labute approximate surface area is 166 Å². The number of hydrogen-bond acceptors (Lipinski definition) is 1. The summed E-state index contributed by atoms with van der Waals surface area (Å²) < 4.78 is 14.7. The van der Waals surface area contributed by atoms with Gasteiger partial charge in [-0.15, -0.1) is 23.2 Å². The molecule has 1 nitrogen and oxygen atoms in total. The normalized spacial score (nSPS) is 63.8. The summed E-state index contributed by atoms with van der Waals surface area (Å²) in [5.74, 6) is 2.63. The minimum absolute atomic E-state index is 0.115. The van der Waals surface area contributed by atoms with Crippen molar-refractivity contribution in [2.75, 3.05) is 0 Å². The van der Waals surface area contributed by atoms with E-state index in [-0.39, 0.29) is 20.1 Å². The van der Waals surface area contributed by atoms with Crippen LogP contribution in [-0.4, -0.2) is 20.1 Å². The van der Waals surface area contributed by atoms with Crippen molar-refractivity contribution in [1.29, 1.82) is 0 Å². The molecule has 0 saturated heterocycles. The number of halogens is 3. The Morgan fingerprint density at radius 1 is 0.640 bits per heavy atom. The molecule has 0 radical (unpaired) electrons. The van der Waals surface area contributed by atoms with E-state index in [9.17, 15) is 4.57 Å². The Bertz CT molecular complexity index is 608. The second kappa shape index (κ2) is 4.80. The molecule has 8 saturated carbocycles. The van der Waals surface area contributed by atoms with Crippen molar-refractivity contribution in [2.45, 2.75) is 97.1 Å². The first-order valence-electron chi connectivity index (χ1n) is 10.3. The van der Waals surface area contributed by atoms with E-state index in [1.807, 2.05) is 0 Å². The maximum atomic E-state index is 14.7. The molecule has 8 bridgehead atoms. The lowest BCUT2D eigenvalue weighted by atomic mass is 9.55. The summed E-state index contributed by atoms with van der Waals surface area (Å²) >= 11 is 21.5. The van der Waals surface area contributed by atoms with E-state index < -0.39 is 6.49 Å². The topological polar surface area (TPSA) is 17.1 Å². The Morgan fingerprint density at radius 3 is 1.24 bits per heavy atom. The first-order valence-corrected chi connectivity index (χ1v) is 13.7. The van der Waals surface area contributed by atoms with Crippen molar-refractivity contribution in [1.82, 2.24) is 0 Å². The zero-order valence-corrected chi connectivity index (χ0v) is 17.9. The summed E-state index contributed by atoms with van der Waals surface area (Å²) in [6, 6.07) is 0. The Morgan fingerprint density at radius 2 is 0.960 bits per heavy atom. The number of hydrogen-bond donors (Lipinski definition) is 0. The summed E-state index contributed by atoms with van der Waals surface area (Å²) in [5, 5.41) is -0.362. The van der Waals surface area contributed by atoms with Gasteiger partial charge in [-0.3, -0.25) is 0 Å². The Hall–Kier alpha value is 1.10. The Kier molecular flexibility index (Phi) is 3.27. The van der Waals surface area contributed by atoms with Gasteiger partial charge in [0, 0.05) is 20.1 Å². The van der Waals surface area contributed by atoms with Gasteiger partial charge in [0.15, 0.2) is 6.49 Å². The SMILES string of the molecule is O=P(Cl)(C12CC3CC(CC(Cl)(C3)C1)C2)C12CC3CC(CC(Cl)(C3)C1)C2. The van der Waals surface area contributed by atoms with E-state index in [2.05, 4.69) is 0 Å². The lowest BCUT2D eigenvalue weighted by Gasteiger charge is -2.67. The fraction of sp³-hybridized carbons (Fsp3) is 1.00. The van der Waals surface area contributed by atoms with E-state index >= 15 is 0 Å². The average molecular weight is 422 g/mol. The van der Waals surface area contributed by atoms with Crippen molar-refractivity contribution in [2.24, 2.45) is 23.7 Å².